The summed E-state index contributed by atoms with van der Waals surface area (Å²) in [6.45, 7) is 9.90. The van der Waals surface area contributed by atoms with Crippen molar-refractivity contribution in [3.63, 3.8) is 0 Å². The summed E-state index contributed by atoms with van der Waals surface area (Å²) in [5.41, 5.74) is 1.39. The Hall–Kier alpha value is -1.11. The van der Waals surface area contributed by atoms with Crippen LogP contribution in [0.1, 0.15) is 36.5 Å². The van der Waals surface area contributed by atoms with Crippen LogP contribution in [0.4, 0.5) is 0 Å². The van der Waals surface area contributed by atoms with Gasteiger partial charge in [0.15, 0.2) is 5.69 Å². The molecule has 0 aromatic carbocycles. The van der Waals surface area contributed by atoms with Crippen molar-refractivity contribution in [2.75, 3.05) is 46.8 Å². The standard InChI is InChI=1S/C14H22ClN5O.C2H6/c1-17-6-8-19(9-7-17)14(21)13-12(15)11-10-18(2)4-3-5-20(11)16-13;1-2/h3-10H2,1-2H3;1-2H3. The molecule has 7 heteroatoms. The molecule has 0 spiro atoms. The number of aryl methyl sites for hydroxylation is 1. The lowest BCUT2D eigenvalue weighted by atomic mass is 10.2. The van der Waals surface area contributed by atoms with Crippen LogP contribution in [0, 0.1) is 0 Å². The van der Waals surface area contributed by atoms with Crippen molar-refractivity contribution in [3.05, 3.63) is 16.4 Å². The molecule has 130 valence electrons. The van der Waals surface area contributed by atoms with E-state index in [4.69, 9.17) is 11.6 Å². The highest BCUT2D eigenvalue weighted by Crippen LogP contribution is 2.25. The van der Waals surface area contributed by atoms with Crippen LogP contribution in [0.25, 0.3) is 0 Å². The molecular weight excluding hydrogens is 314 g/mol. The van der Waals surface area contributed by atoms with E-state index in [1.54, 1.807) is 0 Å². The average Bonchev–Trinajstić information content (AvgIpc) is 2.74. The maximum Gasteiger partial charge on any atom is 0.276 e. The molecule has 1 amide bonds. The molecule has 0 atom stereocenters. The minimum Gasteiger partial charge on any atom is -0.335 e. The number of amides is 1. The van der Waals surface area contributed by atoms with E-state index in [0.29, 0.717) is 10.7 Å². The second kappa shape index (κ2) is 8.13. The maximum absolute atomic E-state index is 12.6. The summed E-state index contributed by atoms with van der Waals surface area (Å²) in [5.74, 6) is -0.0312. The van der Waals surface area contributed by atoms with Gasteiger partial charge in [-0.25, -0.2) is 0 Å². The molecule has 6 nitrogen and oxygen atoms in total. The van der Waals surface area contributed by atoms with Crippen molar-refractivity contribution in [2.24, 2.45) is 0 Å². The topological polar surface area (TPSA) is 44.6 Å². The highest BCUT2D eigenvalue weighted by Gasteiger charge is 2.28. The lowest BCUT2D eigenvalue weighted by Crippen LogP contribution is -2.47. The fraction of sp³-hybridized carbons (Fsp3) is 0.750. The highest BCUT2D eigenvalue weighted by molar-refractivity contribution is 6.34. The Morgan fingerprint density at radius 1 is 1.00 bits per heavy atom. The number of hydrogen-bond acceptors (Lipinski definition) is 4. The van der Waals surface area contributed by atoms with Gasteiger partial charge in [0, 0.05) is 45.8 Å². The predicted molar refractivity (Wildman–Crippen MR) is 92.9 cm³/mol. The smallest absolute Gasteiger partial charge is 0.276 e. The van der Waals surface area contributed by atoms with Crippen molar-refractivity contribution in [2.45, 2.75) is 33.4 Å². The van der Waals surface area contributed by atoms with E-state index < -0.39 is 0 Å². The van der Waals surface area contributed by atoms with Crippen LogP contribution in [-0.2, 0) is 13.1 Å². The first kappa shape index (κ1) is 18.2. The number of halogens is 1. The average molecular weight is 342 g/mol. The largest absolute Gasteiger partial charge is 0.335 e. The Labute approximate surface area is 144 Å². The number of carbonyl (C=O) groups is 1. The van der Waals surface area contributed by atoms with Crippen LogP contribution in [-0.4, -0.2) is 77.2 Å². The molecule has 0 unspecified atom stereocenters. The first-order chi connectivity index (χ1) is 11.1. The summed E-state index contributed by atoms with van der Waals surface area (Å²) in [5, 5.41) is 5.03. The highest BCUT2D eigenvalue weighted by atomic mass is 35.5. The third-order valence-corrected chi connectivity index (χ3v) is 4.71. The molecule has 0 bridgehead atoms. The van der Waals surface area contributed by atoms with E-state index in [9.17, 15) is 4.79 Å². The quantitative estimate of drug-likeness (QED) is 0.781. The van der Waals surface area contributed by atoms with Gasteiger partial charge in [0.2, 0.25) is 0 Å². The molecule has 2 aliphatic rings. The molecule has 0 saturated carbocycles. The number of hydrogen-bond donors (Lipinski definition) is 0. The lowest BCUT2D eigenvalue weighted by Gasteiger charge is -2.32. The van der Waals surface area contributed by atoms with Crippen LogP contribution < -0.4 is 0 Å². The number of aromatic nitrogens is 2. The molecule has 1 aromatic heterocycles. The van der Waals surface area contributed by atoms with Gasteiger partial charge >= 0.3 is 0 Å². The first-order valence-electron chi connectivity index (χ1n) is 8.48. The third kappa shape index (κ3) is 4.05. The van der Waals surface area contributed by atoms with Gasteiger partial charge in [0.05, 0.1) is 10.7 Å². The second-order valence-electron chi connectivity index (χ2n) is 6.02. The number of likely N-dealkylation sites (N-methyl/N-ethyl adjacent to an activating group) is 1. The van der Waals surface area contributed by atoms with Crippen molar-refractivity contribution in [1.29, 1.82) is 0 Å². The normalized spacial score (nSPS) is 19.6. The van der Waals surface area contributed by atoms with Crippen LogP contribution in [0.3, 0.4) is 0 Å². The SMILES string of the molecule is CC.CN1CCN(C(=O)c2nn3c(c2Cl)CN(C)CCC3)CC1. The molecule has 3 rings (SSSR count). The summed E-state index contributed by atoms with van der Waals surface area (Å²) in [7, 11) is 4.14. The minimum absolute atomic E-state index is 0.0312. The Bertz CT molecular complexity index is 537. The minimum atomic E-state index is -0.0312. The number of nitrogens with zero attached hydrogens (tertiary/aromatic N) is 5. The molecule has 1 saturated heterocycles. The zero-order valence-electron chi connectivity index (χ0n) is 14.7. The van der Waals surface area contributed by atoms with E-state index in [1.807, 2.05) is 23.4 Å². The molecule has 1 fully saturated rings. The van der Waals surface area contributed by atoms with Gasteiger partial charge in [-0.05, 0) is 20.5 Å². The van der Waals surface area contributed by atoms with E-state index in [1.165, 1.54) is 0 Å². The Balaban J connectivity index is 0.000000924. The van der Waals surface area contributed by atoms with Gasteiger partial charge in [-0.1, -0.05) is 25.4 Å². The fourth-order valence-corrected chi connectivity index (χ4v) is 3.21. The molecular formula is C16H28ClN5O. The summed E-state index contributed by atoms with van der Waals surface area (Å²) in [4.78, 5) is 18.9. The monoisotopic (exact) mass is 341 g/mol. The Morgan fingerprint density at radius 3 is 2.30 bits per heavy atom. The number of fused-ring (bicyclic) bond motifs is 1. The fourth-order valence-electron chi connectivity index (χ4n) is 2.93. The number of carbonyl (C=O) groups excluding carboxylic acids is 1. The maximum atomic E-state index is 12.6. The van der Waals surface area contributed by atoms with Crippen molar-refractivity contribution in [3.8, 4) is 0 Å². The number of rotatable bonds is 1. The van der Waals surface area contributed by atoms with Gasteiger partial charge < -0.3 is 14.7 Å². The van der Waals surface area contributed by atoms with Crippen LogP contribution in [0.5, 0.6) is 0 Å². The van der Waals surface area contributed by atoms with Crippen LogP contribution in [0.2, 0.25) is 5.02 Å². The van der Waals surface area contributed by atoms with E-state index in [-0.39, 0.29) is 5.91 Å². The summed E-state index contributed by atoms with van der Waals surface area (Å²) in [6, 6.07) is 0. The van der Waals surface area contributed by atoms with Gasteiger partial charge in [-0.3, -0.25) is 9.48 Å². The first-order valence-corrected chi connectivity index (χ1v) is 8.85. The predicted octanol–water partition coefficient (Wildman–Crippen LogP) is 1.79. The van der Waals surface area contributed by atoms with Crippen LogP contribution in [0.15, 0.2) is 0 Å². The second-order valence-corrected chi connectivity index (χ2v) is 6.40. The molecule has 1 aromatic rings. The van der Waals surface area contributed by atoms with Gasteiger partial charge in [-0.15, -0.1) is 0 Å². The van der Waals surface area contributed by atoms with E-state index >= 15 is 0 Å². The molecule has 0 aliphatic carbocycles. The van der Waals surface area contributed by atoms with E-state index in [0.717, 1.165) is 57.9 Å². The van der Waals surface area contributed by atoms with Gasteiger partial charge in [-0.2, -0.15) is 5.10 Å². The molecule has 23 heavy (non-hydrogen) atoms. The van der Waals surface area contributed by atoms with Crippen LogP contribution >= 0.6 is 11.6 Å². The zero-order valence-corrected chi connectivity index (χ0v) is 15.4. The van der Waals surface area contributed by atoms with Crippen molar-refractivity contribution in [1.82, 2.24) is 24.5 Å². The van der Waals surface area contributed by atoms with Crippen molar-refractivity contribution >= 4 is 17.5 Å². The number of piperazine rings is 1. The molecule has 2 aliphatic heterocycles. The summed E-state index contributed by atoms with van der Waals surface area (Å²) < 4.78 is 1.91. The molecule has 0 radical (unpaired) electrons. The van der Waals surface area contributed by atoms with Gasteiger partial charge in [0.1, 0.15) is 0 Å². The Morgan fingerprint density at radius 2 is 1.65 bits per heavy atom. The molecule has 0 N–H and O–H groups in total. The van der Waals surface area contributed by atoms with E-state index in [2.05, 4.69) is 29.0 Å². The summed E-state index contributed by atoms with van der Waals surface area (Å²) in [6.07, 6.45) is 1.03. The Kier molecular flexibility index (Phi) is 6.44. The lowest BCUT2D eigenvalue weighted by molar-refractivity contribution is 0.0657. The molecule has 3 heterocycles. The van der Waals surface area contributed by atoms with Crippen molar-refractivity contribution < 1.29 is 4.79 Å². The summed E-state index contributed by atoms with van der Waals surface area (Å²) >= 11 is 6.45. The zero-order chi connectivity index (χ0) is 17.0. The third-order valence-electron chi connectivity index (χ3n) is 4.32. The van der Waals surface area contributed by atoms with Gasteiger partial charge in [0.25, 0.3) is 5.91 Å².